The van der Waals surface area contributed by atoms with Gasteiger partial charge in [-0.1, -0.05) is 17.7 Å². The average Bonchev–Trinajstić information content (AvgIpc) is 3.27. The molecule has 138 valence electrons. The number of rotatable bonds is 4. The van der Waals surface area contributed by atoms with Gasteiger partial charge in [-0.2, -0.15) is 5.10 Å². The van der Waals surface area contributed by atoms with Crippen LogP contribution in [0, 0.1) is 6.92 Å². The lowest BCUT2D eigenvalue weighted by Crippen LogP contribution is -2.41. The molecule has 0 bridgehead atoms. The van der Waals surface area contributed by atoms with Gasteiger partial charge in [0.15, 0.2) is 5.69 Å². The number of fused-ring (bicyclic) bond motifs is 1. The molecule has 2 aromatic rings. The van der Waals surface area contributed by atoms with Gasteiger partial charge in [0, 0.05) is 30.4 Å². The number of nitrogens with zero attached hydrogens (tertiary/aromatic N) is 3. The van der Waals surface area contributed by atoms with Crippen molar-refractivity contribution < 1.29 is 4.79 Å². The van der Waals surface area contributed by atoms with E-state index in [-0.39, 0.29) is 11.9 Å². The molecule has 2 aliphatic rings. The molecule has 0 radical (unpaired) electrons. The van der Waals surface area contributed by atoms with E-state index in [4.69, 9.17) is 5.10 Å². The molecule has 2 heterocycles. The first-order valence-electron chi connectivity index (χ1n) is 9.82. The van der Waals surface area contributed by atoms with Crippen molar-refractivity contribution in [1.29, 1.82) is 0 Å². The van der Waals surface area contributed by atoms with Gasteiger partial charge in [0.2, 0.25) is 0 Å². The van der Waals surface area contributed by atoms with Gasteiger partial charge in [-0.05, 0) is 64.6 Å². The molecule has 1 aliphatic heterocycles. The second-order valence-corrected chi connectivity index (χ2v) is 7.58. The predicted octanol–water partition coefficient (Wildman–Crippen LogP) is 2.88. The molecule has 26 heavy (non-hydrogen) atoms. The average molecular weight is 352 g/mol. The number of carbonyl (C=O) groups is 1. The third-order valence-electron chi connectivity index (χ3n) is 5.74. The minimum atomic E-state index is 0.117. The van der Waals surface area contributed by atoms with Crippen LogP contribution in [0.5, 0.6) is 0 Å². The molecule has 1 saturated heterocycles. The summed E-state index contributed by atoms with van der Waals surface area (Å²) in [5.41, 5.74) is 5.38. The highest BCUT2D eigenvalue weighted by Crippen LogP contribution is 2.29. The van der Waals surface area contributed by atoms with Gasteiger partial charge in [0.05, 0.1) is 5.69 Å². The van der Waals surface area contributed by atoms with Crippen molar-refractivity contribution in [3.63, 3.8) is 0 Å². The van der Waals surface area contributed by atoms with Gasteiger partial charge in [-0.15, -0.1) is 0 Å². The molecule has 1 unspecified atom stereocenters. The quantitative estimate of drug-likeness (QED) is 0.920. The minimum Gasteiger partial charge on any atom is -0.333 e. The van der Waals surface area contributed by atoms with E-state index in [1.165, 1.54) is 23.2 Å². The number of hydrogen-bond donors (Lipinski definition) is 1. The van der Waals surface area contributed by atoms with Crippen molar-refractivity contribution in [3.05, 3.63) is 46.8 Å². The Kier molecular flexibility index (Phi) is 4.81. The van der Waals surface area contributed by atoms with Crippen molar-refractivity contribution >= 4 is 5.91 Å². The maximum atomic E-state index is 13.3. The van der Waals surface area contributed by atoms with Crippen LogP contribution >= 0.6 is 0 Å². The van der Waals surface area contributed by atoms with Crippen LogP contribution in [0.25, 0.3) is 5.69 Å². The van der Waals surface area contributed by atoms with E-state index in [0.29, 0.717) is 5.69 Å². The van der Waals surface area contributed by atoms with E-state index < -0.39 is 0 Å². The number of benzene rings is 1. The number of likely N-dealkylation sites (N-methyl/N-ethyl adjacent to an activating group) is 1. The molecular formula is C21H28N4O. The zero-order valence-electron chi connectivity index (χ0n) is 15.8. The van der Waals surface area contributed by atoms with Gasteiger partial charge in [0.25, 0.3) is 5.91 Å². The number of likely N-dealkylation sites (tertiary alicyclic amines) is 1. The molecule has 1 aromatic carbocycles. The van der Waals surface area contributed by atoms with Gasteiger partial charge in [-0.3, -0.25) is 4.79 Å². The molecular weight excluding hydrogens is 324 g/mol. The molecule has 1 fully saturated rings. The van der Waals surface area contributed by atoms with Crippen molar-refractivity contribution in [1.82, 2.24) is 20.0 Å². The molecule has 1 N–H and O–H groups in total. The van der Waals surface area contributed by atoms with Crippen molar-refractivity contribution in [3.8, 4) is 5.69 Å². The van der Waals surface area contributed by atoms with Crippen molar-refractivity contribution in [2.45, 2.75) is 51.5 Å². The summed E-state index contributed by atoms with van der Waals surface area (Å²) in [4.78, 5) is 15.4. The maximum absolute atomic E-state index is 13.3. The Labute approximate surface area is 155 Å². The molecule has 4 rings (SSSR count). The van der Waals surface area contributed by atoms with Crippen LogP contribution < -0.4 is 5.32 Å². The number of nitrogens with one attached hydrogen (secondary N) is 1. The fraction of sp³-hybridized carbons (Fsp3) is 0.524. The fourth-order valence-corrected chi connectivity index (χ4v) is 4.36. The predicted molar refractivity (Wildman–Crippen MR) is 103 cm³/mol. The molecule has 1 atom stereocenters. The van der Waals surface area contributed by atoms with Gasteiger partial charge in [-0.25, -0.2) is 4.68 Å². The Balaban J connectivity index is 1.72. The SMILES string of the molecule is CNCC1CCCN1C(=O)c1nn(-c2ccc(C)cc2)c2c1CCCC2. The second-order valence-electron chi connectivity index (χ2n) is 7.58. The summed E-state index contributed by atoms with van der Waals surface area (Å²) in [6.07, 6.45) is 6.44. The van der Waals surface area contributed by atoms with Gasteiger partial charge < -0.3 is 10.2 Å². The Morgan fingerprint density at radius 3 is 2.73 bits per heavy atom. The summed E-state index contributed by atoms with van der Waals surface area (Å²) in [5.74, 6) is 0.117. The van der Waals surface area contributed by atoms with E-state index in [9.17, 15) is 4.79 Å². The molecule has 0 saturated carbocycles. The van der Waals surface area contributed by atoms with E-state index in [2.05, 4.69) is 36.5 Å². The lowest BCUT2D eigenvalue weighted by molar-refractivity contribution is 0.0729. The highest BCUT2D eigenvalue weighted by Gasteiger charge is 2.33. The fourth-order valence-electron chi connectivity index (χ4n) is 4.36. The first-order chi connectivity index (χ1) is 12.7. The van der Waals surface area contributed by atoms with E-state index >= 15 is 0 Å². The lowest BCUT2D eigenvalue weighted by atomic mass is 9.95. The normalized spacial score (nSPS) is 19.6. The number of aromatic nitrogens is 2. The van der Waals surface area contributed by atoms with Crippen molar-refractivity contribution in [2.75, 3.05) is 20.1 Å². The van der Waals surface area contributed by atoms with Gasteiger partial charge >= 0.3 is 0 Å². The Morgan fingerprint density at radius 1 is 1.19 bits per heavy atom. The molecule has 5 nitrogen and oxygen atoms in total. The maximum Gasteiger partial charge on any atom is 0.274 e. The Morgan fingerprint density at radius 2 is 1.96 bits per heavy atom. The van der Waals surface area contributed by atoms with Crippen LogP contribution in [0.3, 0.4) is 0 Å². The van der Waals surface area contributed by atoms with Crippen LogP contribution in [-0.4, -0.2) is 46.8 Å². The van der Waals surface area contributed by atoms with Crippen molar-refractivity contribution in [2.24, 2.45) is 0 Å². The molecule has 1 amide bonds. The molecule has 5 heteroatoms. The highest BCUT2D eigenvalue weighted by atomic mass is 16.2. The standard InChI is InChI=1S/C21H28N4O/c1-15-9-11-16(12-10-15)25-19-8-4-3-7-18(19)20(23-25)21(26)24-13-5-6-17(24)14-22-2/h9-12,17,22H,3-8,13-14H2,1-2H3. The molecule has 0 spiro atoms. The summed E-state index contributed by atoms with van der Waals surface area (Å²) >= 11 is 0. The number of carbonyl (C=O) groups excluding carboxylic acids is 1. The highest BCUT2D eigenvalue weighted by molar-refractivity contribution is 5.94. The minimum absolute atomic E-state index is 0.117. The third-order valence-corrected chi connectivity index (χ3v) is 5.74. The number of aryl methyl sites for hydroxylation is 1. The monoisotopic (exact) mass is 352 g/mol. The summed E-state index contributed by atoms with van der Waals surface area (Å²) in [6.45, 7) is 3.79. The van der Waals surface area contributed by atoms with Crippen LogP contribution in [0.4, 0.5) is 0 Å². The van der Waals surface area contributed by atoms with E-state index in [1.807, 2.05) is 16.6 Å². The first kappa shape index (κ1) is 17.3. The van der Waals surface area contributed by atoms with Crippen LogP contribution in [-0.2, 0) is 12.8 Å². The summed E-state index contributed by atoms with van der Waals surface area (Å²) in [6, 6.07) is 8.71. The summed E-state index contributed by atoms with van der Waals surface area (Å²) < 4.78 is 2.02. The largest absolute Gasteiger partial charge is 0.333 e. The van der Waals surface area contributed by atoms with Crippen LogP contribution in [0.1, 0.15) is 53.0 Å². The topological polar surface area (TPSA) is 50.2 Å². The van der Waals surface area contributed by atoms with Crippen LogP contribution in [0.15, 0.2) is 24.3 Å². The Hall–Kier alpha value is -2.14. The van der Waals surface area contributed by atoms with Crippen LogP contribution in [0.2, 0.25) is 0 Å². The summed E-state index contributed by atoms with van der Waals surface area (Å²) in [7, 11) is 1.95. The molecule has 1 aliphatic carbocycles. The second kappa shape index (κ2) is 7.23. The van der Waals surface area contributed by atoms with Gasteiger partial charge in [0.1, 0.15) is 0 Å². The molecule has 1 aromatic heterocycles. The van der Waals surface area contributed by atoms with E-state index in [0.717, 1.165) is 50.9 Å². The smallest absolute Gasteiger partial charge is 0.274 e. The number of hydrogen-bond acceptors (Lipinski definition) is 3. The number of amides is 1. The lowest BCUT2D eigenvalue weighted by Gasteiger charge is -2.24. The van der Waals surface area contributed by atoms with E-state index in [1.54, 1.807) is 0 Å². The Bertz CT molecular complexity index is 793. The third kappa shape index (κ3) is 3.05. The zero-order chi connectivity index (χ0) is 18.1. The zero-order valence-corrected chi connectivity index (χ0v) is 15.8. The summed E-state index contributed by atoms with van der Waals surface area (Å²) in [5, 5.41) is 8.06. The first-order valence-corrected chi connectivity index (χ1v) is 9.82.